The second kappa shape index (κ2) is 9.97. The van der Waals surface area contributed by atoms with Crippen molar-refractivity contribution in [3.8, 4) is 0 Å². The molecule has 0 saturated heterocycles. The van der Waals surface area contributed by atoms with Crippen molar-refractivity contribution in [3.05, 3.63) is 95.3 Å². The number of aryl methyl sites for hydroxylation is 2. The molecule has 0 fully saturated rings. The number of benzene rings is 2. The Morgan fingerprint density at radius 3 is 1.21 bits per heavy atom. The van der Waals surface area contributed by atoms with Gasteiger partial charge in [-0.3, -0.25) is 0 Å². The Kier molecular flexibility index (Phi) is 7.39. The van der Waals surface area contributed by atoms with Gasteiger partial charge in [0.1, 0.15) is 24.6 Å². The van der Waals surface area contributed by atoms with Gasteiger partial charge < -0.3 is 20.9 Å². The molecule has 28 heavy (non-hydrogen) atoms. The van der Waals surface area contributed by atoms with Crippen LogP contribution in [-0.2, 0) is 45.1 Å². The Balaban J connectivity index is 1.80. The molecular formula is C22H24N2O4. The van der Waals surface area contributed by atoms with Crippen molar-refractivity contribution in [2.75, 3.05) is 0 Å². The van der Waals surface area contributed by atoms with Gasteiger partial charge in [-0.05, 0) is 35.1 Å². The van der Waals surface area contributed by atoms with Gasteiger partial charge in [0.15, 0.2) is 0 Å². The van der Waals surface area contributed by atoms with Gasteiger partial charge in [-0.1, -0.05) is 61.7 Å². The highest BCUT2D eigenvalue weighted by Crippen LogP contribution is 2.12. The first-order valence-corrected chi connectivity index (χ1v) is 8.74. The van der Waals surface area contributed by atoms with E-state index in [-0.39, 0.29) is 24.6 Å². The van der Waals surface area contributed by atoms with Crippen LogP contribution in [0, 0.1) is 0 Å². The molecule has 0 aromatic heterocycles. The molecule has 6 heteroatoms. The molecule has 4 N–H and O–H groups in total. The van der Waals surface area contributed by atoms with Gasteiger partial charge in [0, 0.05) is 0 Å². The minimum Gasteiger partial charge on any atom is -0.456 e. The van der Waals surface area contributed by atoms with Gasteiger partial charge in [0.05, 0.1) is 0 Å². The molecule has 0 bridgehead atoms. The number of rotatable bonds is 9. The topological polar surface area (TPSA) is 105 Å². The predicted molar refractivity (Wildman–Crippen MR) is 107 cm³/mol. The fraction of sp³-hybridized carbons (Fsp3) is 0.182. The zero-order chi connectivity index (χ0) is 20.5. The minimum absolute atomic E-state index is 0.106. The maximum Gasteiger partial charge on any atom is 0.353 e. The molecular weight excluding hydrogens is 356 g/mol. The van der Waals surface area contributed by atoms with Crippen molar-refractivity contribution >= 4 is 11.9 Å². The van der Waals surface area contributed by atoms with Crippen LogP contribution in [0.15, 0.2) is 73.1 Å². The second-order valence-electron chi connectivity index (χ2n) is 6.34. The molecule has 0 heterocycles. The molecule has 0 saturated carbocycles. The predicted octanol–water partition coefficient (Wildman–Crippen LogP) is 2.50. The Hall–Kier alpha value is -3.54. The lowest BCUT2D eigenvalue weighted by atomic mass is 10.0. The Morgan fingerprint density at radius 1 is 0.643 bits per heavy atom. The second-order valence-corrected chi connectivity index (χ2v) is 6.34. The highest BCUT2D eigenvalue weighted by molar-refractivity contribution is 5.86. The number of carbonyl (C=O) groups excluding carboxylic acids is 2. The van der Waals surface area contributed by atoms with Crippen molar-refractivity contribution < 1.29 is 19.1 Å². The molecule has 2 aromatic rings. The first-order chi connectivity index (χ1) is 13.3. The summed E-state index contributed by atoms with van der Waals surface area (Å²) in [4.78, 5) is 22.6. The van der Waals surface area contributed by atoms with Gasteiger partial charge in [0.2, 0.25) is 0 Å². The van der Waals surface area contributed by atoms with Crippen LogP contribution in [0.2, 0.25) is 0 Å². The van der Waals surface area contributed by atoms with E-state index in [1.807, 2.05) is 48.5 Å². The Labute approximate surface area is 164 Å². The molecule has 0 aliphatic rings. The van der Waals surface area contributed by atoms with E-state index in [4.69, 9.17) is 20.9 Å². The number of hydrogen-bond acceptors (Lipinski definition) is 6. The van der Waals surface area contributed by atoms with Gasteiger partial charge in [-0.25, -0.2) is 9.59 Å². The number of ether oxygens (including phenoxy) is 2. The van der Waals surface area contributed by atoms with Crippen LogP contribution in [-0.4, -0.2) is 11.9 Å². The third-order valence-corrected chi connectivity index (χ3v) is 4.01. The van der Waals surface area contributed by atoms with E-state index in [1.165, 1.54) is 11.1 Å². The molecule has 2 rings (SSSR count). The molecule has 0 spiro atoms. The summed E-state index contributed by atoms with van der Waals surface area (Å²) in [5.74, 6) is -1.20. The third-order valence-electron chi connectivity index (χ3n) is 4.01. The van der Waals surface area contributed by atoms with Crippen LogP contribution in [0.4, 0.5) is 0 Å². The number of nitrogens with two attached hydrogens (primary N) is 2. The summed E-state index contributed by atoms with van der Waals surface area (Å²) in [6, 6.07) is 15.7. The number of hydrogen-bond donors (Lipinski definition) is 2. The number of esters is 2. The molecule has 0 aliphatic carbocycles. The third kappa shape index (κ3) is 6.64. The molecule has 0 unspecified atom stereocenters. The van der Waals surface area contributed by atoms with Crippen molar-refractivity contribution in [1.82, 2.24) is 0 Å². The summed E-state index contributed by atoms with van der Waals surface area (Å²) in [6.07, 6.45) is 1.75. The summed E-state index contributed by atoms with van der Waals surface area (Å²) >= 11 is 0. The Morgan fingerprint density at radius 2 is 0.929 bits per heavy atom. The van der Waals surface area contributed by atoms with Crippen LogP contribution >= 0.6 is 0 Å². The van der Waals surface area contributed by atoms with Crippen LogP contribution < -0.4 is 11.5 Å². The van der Waals surface area contributed by atoms with E-state index < -0.39 is 11.9 Å². The molecule has 6 nitrogen and oxygen atoms in total. The van der Waals surface area contributed by atoms with Crippen molar-refractivity contribution in [2.24, 2.45) is 11.5 Å². The average Bonchev–Trinajstić information content (AvgIpc) is 2.69. The van der Waals surface area contributed by atoms with Crippen LogP contribution in [0.5, 0.6) is 0 Å². The summed E-state index contributed by atoms with van der Waals surface area (Å²) in [5, 5.41) is 0. The lowest BCUT2D eigenvalue weighted by Crippen LogP contribution is -2.13. The summed E-state index contributed by atoms with van der Waals surface area (Å²) in [5.41, 5.74) is 14.5. The summed E-state index contributed by atoms with van der Waals surface area (Å²) < 4.78 is 10.0. The molecule has 0 aliphatic heterocycles. The van der Waals surface area contributed by atoms with Crippen molar-refractivity contribution in [2.45, 2.75) is 26.1 Å². The summed E-state index contributed by atoms with van der Waals surface area (Å²) in [6.45, 7) is 7.01. The smallest absolute Gasteiger partial charge is 0.353 e. The number of carbonyl (C=O) groups is 2. The van der Waals surface area contributed by atoms with Crippen molar-refractivity contribution in [1.29, 1.82) is 0 Å². The fourth-order valence-corrected chi connectivity index (χ4v) is 2.38. The molecule has 0 amide bonds. The molecule has 2 aromatic carbocycles. The highest BCUT2D eigenvalue weighted by Gasteiger charge is 2.06. The maximum absolute atomic E-state index is 11.3. The Bertz CT molecular complexity index is 782. The fourth-order valence-electron chi connectivity index (χ4n) is 2.38. The van der Waals surface area contributed by atoms with Crippen molar-refractivity contribution in [3.63, 3.8) is 0 Å². The van der Waals surface area contributed by atoms with E-state index >= 15 is 0 Å². The van der Waals surface area contributed by atoms with Gasteiger partial charge in [-0.2, -0.15) is 0 Å². The minimum atomic E-state index is -0.602. The molecule has 146 valence electrons. The van der Waals surface area contributed by atoms with E-state index in [0.717, 1.165) is 24.0 Å². The summed E-state index contributed by atoms with van der Waals surface area (Å²) in [7, 11) is 0. The monoisotopic (exact) mass is 380 g/mol. The van der Waals surface area contributed by atoms with Gasteiger partial charge >= 0.3 is 11.9 Å². The van der Waals surface area contributed by atoms with Gasteiger partial charge in [-0.15, -0.1) is 0 Å². The highest BCUT2D eigenvalue weighted by atomic mass is 16.5. The first kappa shape index (κ1) is 20.8. The quantitative estimate of drug-likeness (QED) is 0.512. The van der Waals surface area contributed by atoms with Gasteiger partial charge in [0.25, 0.3) is 0 Å². The molecule has 0 atom stereocenters. The average molecular weight is 380 g/mol. The van der Waals surface area contributed by atoms with Crippen LogP contribution in [0.25, 0.3) is 0 Å². The lowest BCUT2D eigenvalue weighted by molar-refractivity contribution is -0.141. The SMILES string of the molecule is C=C(N)C(=O)OCc1ccc(CCc2ccc(COC(=O)C(=C)N)cc2)cc1. The van der Waals surface area contributed by atoms with E-state index in [2.05, 4.69) is 13.2 Å². The van der Waals surface area contributed by atoms with E-state index in [9.17, 15) is 9.59 Å². The standard InChI is InChI=1S/C22H24N2O4/c1-15(23)21(25)27-13-19-9-5-17(6-10-19)3-4-18-7-11-20(12-8-18)14-28-22(26)16(2)24/h5-12H,1-4,13-14,23-24H2. The largest absolute Gasteiger partial charge is 0.456 e. The maximum atomic E-state index is 11.3. The first-order valence-electron chi connectivity index (χ1n) is 8.74. The van der Waals surface area contributed by atoms with Crippen LogP contribution in [0.3, 0.4) is 0 Å². The van der Waals surface area contributed by atoms with E-state index in [1.54, 1.807) is 0 Å². The zero-order valence-electron chi connectivity index (χ0n) is 15.6. The lowest BCUT2D eigenvalue weighted by Gasteiger charge is -2.07. The van der Waals surface area contributed by atoms with Crippen LogP contribution in [0.1, 0.15) is 22.3 Å². The van der Waals surface area contributed by atoms with E-state index in [0.29, 0.717) is 0 Å². The molecule has 0 radical (unpaired) electrons. The zero-order valence-corrected chi connectivity index (χ0v) is 15.6. The normalized spacial score (nSPS) is 10.1.